The summed E-state index contributed by atoms with van der Waals surface area (Å²) < 4.78 is 0. The lowest BCUT2D eigenvalue weighted by atomic mass is 9.48. The average Bonchev–Trinajstić information content (AvgIpc) is 2.54. The van der Waals surface area contributed by atoms with Gasteiger partial charge < -0.3 is 0 Å². The lowest BCUT2D eigenvalue weighted by molar-refractivity contribution is -0.0134. The molecule has 122 valence electrons. The van der Waals surface area contributed by atoms with E-state index < -0.39 is 0 Å². The lowest BCUT2D eigenvalue weighted by Crippen LogP contribution is -2.50. The van der Waals surface area contributed by atoms with Gasteiger partial charge in [0, 0.05) is 23.5 Å². The first-order valence-electron chi connectivity index (χ1n) is 8.96. The Bertz CT molecular complexity index is 587. The van der Waals surface area contributed by atoms with Gasteiger partial charge in [-0.2, -0.15) is 5.10 Å². The van der Waals surface area contributed by atoms with Gasteiger partial charge in [-0.1, -0.05) is 6.92 Å². The van der Waals surface area contributed by atoms with Gasteiger partial charge >= 0.3 is 0 Å². The number of hydrazone groups is 1. The highest BCUT2D eigenvalue weighted by atomic mass is 16.2. The molecular weight excluding hydrogens is 286 g/mol. The van der Waals surface area contributed by atoms with Crippen LogP contribution >= 0.6 is 0 Å². The molecule has 4 heteroatoms. The third-order valence-corrected chi connectivity index (χ3v) is 6.20. The Balaban J connectivity index is 1.53. The van der Waals surface area contributed by atoms with E-state index in [0.29, 0.717) is 5.56 Å². The van der Waals surface area contributed by atoms with Gasteiger partial charge in [-0.15, -0.1) is 0 Å². The Morgan fingerprint density at radius 1 is 1.26 bits per heavy atom. The normalized spacial score (nSPS) is 35.3. The van der Waals surface area contributed by atoms with Crippen molar-refractivity contribution in [3.63, 3.8) is 0 Å². The minimum absolute atomic E-state index is 0.159. The van der Waals surface area contributed by atoms with E-state index in [9.17, 15) is 4.79 Å². The summed E-state index contributed by atoms with van der Waals surface area (Å²) in [7, 11) is 0. The molecule has 4 saturated carbocycles. The van der Waals surface area contributed by atoms with Crippen LogP contribution in [-0.2, 0) is 0 Å². The van der Waals surface area contributed by atoms with Crippen LogP contribution in [0.15, 0.2) is 29.6 Å². The topological polar surface area (TPSA) is 54.4 Å². The van der Waals surface area contributed by atoms with Crippen molar-refractivity contribution in [1.29, 1.82) is 0 Å². The van der Waals surface area contributed by atoms with Crippen molar-refractivity contribution in [2.75, 3.05) is 0 Å². The summed E-state index contributed by atoms with van der Waals surface area (Å²) in [5, 5.41) is 4.60. The molecule has 1 aromatic rings. The minimum Gasteiger partial charge on any atom is -0.267 e. The van der Waals surface area contributed by atoms with Crippen LogP contribution in [0.5, 0.6) is 0 Å². The molecule has 4 fully saturated rings. The minimum atomic E-state index is -0.159. The van der Waals surface area contributed by atoms with Gasteiger partial charge in [0.2, 0.25) is 0 Å². The molecule has 0 radical (unpaired) electrons. The van der Waals surface area contributed by atoms with Gasteiger partial charge in [-0.25, -0.2) is 5.43 Å². The molecule has 0 aliphatic heterocycles. The third-order valence-electron chi connectivity index (χ3n) is 6.20. The van der Waals surface area contributed by atoms with Gasteiger partial charge in [-0.3, -0.25) is 9.78 Å². The highest BCUT2D eigenvalue weighted by Gasteiger charge is 2.52. The summed E-state index contributed by atoms with van der Waals surface area (Å²) in [4.78, 5) is 16.2. The van der Waals surface area contributed by atoms with E-state index in [1.807, 2.05) is 0 Å². The molecule has 4 aliphatic rings. The highest BCUT2D eigenvalue weighted by molar-refractivity contribution is 5.96. The molecule has 4 nitrogen and oxygen atoms in total. The molecule has 4 bridgehead atoms. The predicted molar refractivity (Wildman–Crippen MR) is 90.0 cm³/mol. The second kappa shape index (κ2) is 5.73. The number of pyridine rings is 1. The standard InChI is InChI=1S/C19H25N3O/c1-2-17(21-22-18(23)16-4-3-5-20-12-16)19-9-13-6-14(10-19)8-15(7-13)11-19/h3-5,12-15H,2,6-11H2,1H3,(H,22,23)/b21-17+. The van der Waals surface area contributed by atoms with E-state index in [1.54, 1.807) is 24.5 Å². The van der Waals surface area contributed by atoms with Crippen molar-refractivity contribution in [2.45, 2.75) is 51.9 Å². The molecule has 1 heterocycles. The van der Waals surface area contributed by atoms with Crippen molar-refractivity contribution in [3.8, 4) is 0 Å². The van der Waals surface area contributed by atoms with Crippen LogP contribution in [0.1, 0.15) is 62.2 Å². The van der Waals surface area contributed by atoms with E-state index in [0.717, 1.165) is 24.2 Å². The summed E-state index contributed by atoms with van der Waals surface area (Å²) in [6.45, 7) is 2.17. The summed E-state index contributed by atoms with van der Waals surface area (Å²) in [6, 6.07) is 3.55. The number of nitrogens with one attached hydrogen (secondary N) is 1. The van der Waals surface area contributed by atoms with Gasteiger partial charge in [-0.05, 0) is 74.8 Å². The monoisotopic (exact) mass is 311 g/mol. The third kappa shape index (κ3) is 2.68. The maximum absolute atomic E-state index is 12.2. The van der Waals surface area contributed by atoms with Crippen LogP contribution < -0.4 is 5.43 Å². The Morgan fingerprint density at radius 3 is 2.43 bits per heavy atom. The van der Waals surface area contributed by atoms with E-state index in [2.05, 4.69) is 22.4 Å². The number of carbonyl (C=O) groups excluding carboxylic acids is 1. The second-order valence-corrected chi connectivity index (χ2v) is 7.79. The van der Waals surface area contributed by atoms with Gasteiger partial charge in [0.05, 0.1) is 5.56 Å². The lowest BCUT2D eigenvalue weighted by Gasteiger charge is -2.57. The number of aromatic nitrogens is 1. The molecule has 4 aliphatic carbocycles. The fourth-order valence-electron chi connectivity index (χ4n) is 5.72. The predicted octanol–water partition coefficient (Wildman–Crippen LogP) is 3.79. The Hall–Kier alpha value is -1.71. The van der Waals surface area contributed by atoms with Gasteiger partial charge in [0.15, 0.2) is 0 Å². The highest BCUT2D eigenvalue weighted by Crippen LogP contribution is 2.60. The van der Waals surface area contributed by atoms with Crippen molar-refractivity contribution in [2.24, 2.45) is 28.3 Å². The number of nitrogens with zero attached hydrogens (tertiary/aromatic N) is 2. The first-order valence-corrected chi connectivity index (χ1v) is 8.96. The summed E-state index contributed by atoms with van der Waals surface area (Å²) in [5.74, 6) is 2.53. The maximum atomic E-state index is 12.2. The van der Waals surface area contributed by atoms with Crippen LogP contribution in [0.4, 0.5) is 0 Å². The Labute approximate surface area is 137 Å². The van der Waals surface area contributed by atoms with Crippen molar-refractivity contribution in [1.82, 2.24) is 10.4 Å². The molecule has 0 saturated heterocycles. The smallest absolute Gasteiger partial charge is 0.267 e. The molecule has 0 spiro atoms. The molecule has 1 aromatic heterocycles. The first kappa shape index (κ1) is 14.9. The summed E-state index contributed by atoms with van der Waals surface area (Å²) in [6.07, 6.45) is 12.3. The average molecular weight is 311 g/mol. The zero-order chi connectivity index (χ0) is 15.9. The fourth-order valence-corrected chi connectivity index (χ4v) is 5.72. The molecule has 1 amide bonds. The largest absolute Gasteiger partial charge is 0.272 e. The number of hydrogen-bond donors (Lipinski definition) is 1. The SMILES string of the molecule is CC/C(=N\NC(=O)c1cccnc1)C12CC3CC(CC(C3)C1)C2. The number of rotatable bonds is 4. The van der Waals surface area contributed by atoms with E-state index in [-0.39, 0.29) is 11.3 Å². The van der Waals surface area contributed by atoms with Crippen molar-refractivity contribution < 1.29 is 4.79 Å². The van der Waals surface area contributed by atoms with Crippen LogP contribution in [0.2, 0.25) is 0 Å². The molecule has 0 aromatic carbocycles. The second-order valence-electron chi connectivity index (χ2n) is 7.79. The van der Waals surface area contributed by atoms with E-state index >= 15 is 0 Å². The Kier molecular flexibility index (Phi) is 3.70. The molecule has 1 N–H and O–H groups in total. The van der Waals surface area contributed by atoms with Crippen LogP contribution in [0.3, 0.4) is 0 Å². The zero-order valence-corrected chi connectivity index (χ0v) is 13.8. The maximum Gasteiger partial charge on any atom is 0.272 e. The zero-order valence-electron chi connectivity index (χ0n) is 13.8. The molecular formula is C19H25N3O. The van der Waals surface area contributed by atoms with Crippen LogP contribution in [0.25, 0.3) is 0 Å². The molecule has 5 rings (SSSR count). The molecule has 23 heavy (non-hydrogen) atoms. The van der Waals surface area contributed by atoms with E-state index in [4.69, 9.17) is 0 Å². The molecule has 0 atom stereocenters. The van der Waals surface area contributed by atoms with Crippen molar-refractivity contribution >= 4 is 11.6 Å². The van der Waals surface area contributed by atoms with Gasteiger partial charge in [0.1, 0.15) is 0 Å². The van der Waals surface area contributed by atoms with Crippen LogP contribution in [0, 0.1) is 23.2 Å². The van der Waals surface area contributed by atoms with E-state index in [1.165, 1.54) is 44.2 Å². The first-order chi connectivity index (χ1) is 11.2. The summed E-state index contributed by atoms with van der Waals surface area (Å²) in [5.41, 5.74) is 4.84. The number of hydrogen-bond acceptors (Lipinski definition) is 3. The number of carbonyl (C=O) groups is 1. The van der Waals surface area contributed by atoms with Gasteiger partial charge in [0.25, 0.3) is 5.91 Å². The van der Waals surface area contributed by atoms with Crippen molar-refractivity contribution in [3.05, 3.63) is 30.1 Å². The summed E-state index contributed by atoms with van der Waals surface area (Å²) >= 11 is 0. The van der Waals surface area contributed by atoms with Crippen LogP contribution in [-0.4, -0.2) is 16.6 Å². The quantitative estimate of drug-likeness (QED) is 0.679. The molecule has 0 unspecified atom stereocenters. The number of amides is 1. The fraction of sp³-hybridized carbons (Fsp3) is 0.632. The Morgan fingerprint density at radius 2 is 1.91 bits per heavy atom.